The molecule has 0 bridgehead atoms. The number of hydrogen-bond donors (Lipinski definition) is 1. The highest BCUT2D eigenvalue weighted by Gasteiger charge is 2.22. The van der Waals surface area contributed by atoms with Crippen LogP contribution in [-0.4, -0.2) is 31.4 Å². The Bertz CT molecular complexity index is 1060. The summed E-state index contributed by atoms with van der Waals surface area (Å²) in [5.74, 6) is 0.539. The van der Waals surface area contributed by atoms with Gasteiger partial charge in [-0.15, -0.1) is 0 Å². The molecule has 0 spiro atoms. The van der Waals surface area contributed by atoms with Gasteiger partial charge in [-0.2, -0.15) is 9.78 Å². The molecule has 0 aliphatic heterocycles. The molecule has 156 valence electrons. The van der Waals surface area contributed by atoms with Gasteiger partial charge in [-0.3, -0.25) is 9.59 Å². The van der Waals surface area contributed by atoms with E-state index in [1.54, 1.807) is 24.5 Å². The van der Waals surface area contributed by atoms with Crippen LogP contribution in [0.5, 0.6) is 0 Å². The summed E-state index contributed by atoms with van der Waals surface area (Å²) in [7, 11) is 0. The number of aryl methyl sites for hydroxylation is 2. The van der Waals surface area contributed by atoms with Gasteiger partial charge in [0.2, 0.25) is 5.91 Å². The minimum atomic E-state index is -0.260. The average molecular weight is 406 g/mol. The summed E-state index contributed by atoms with van der Waals surface area (Å²) < 4.78 is 1.52. The fourth-order valence-corrected chi connectivity index (χ4v) is 2.88. The maximum atomic E-state index is 12.6. The minimum Gasteiger partial charge on any atom is -0.310 e. The van der Waals surface area contributed by atoms with E-state index in [0.717, 1.165) is 16.8 Å². The highest BCUT2D eigenvalue weighted by molar-refractivity contribution is 6.00. The summed E-state index contributed by atoms with van der Waals surface area (Å²) >= 11 is 0. The third-order valence-electron chi connectivity index (χ3n) is 4.89. The largest absolute Gasteiger partial charge is 0.310 e. The fraction of sp³-hybridized carbons (Fsp3) is 0.348. The molecule has 1 amide bonds. The number of hydrogen-bond acceptors (Lipinski definition) is 5. The summed E-state index contributed by atoms with van der Waals surface area (Å²) in [6, 6.07) is 9.13. The molecule has 0 aliphatic rings. The van der Waals surface area contributed by atoms with Gasteiger partial charge < -0.3 is 5.32 Å². The first-order chi connectivity index (χ1) is 14.1. The molecule has 0 unspecified atom stereocenters. The first-order valence-corrected chi connectivity index (χ1v) is 9.93. The summed E-state index contributed by atoms with van der Waals surface area (Å²) in [4.78, 5) is 33.5. The van der Waals surface area contributed by atoms with Gasteiger partial charge in [-0.05, 0) is 37.1 Å². The molecule has 7 heteroatoms. The normalized spacial score (nSPS) is 11.4. The zero-order valence-electron chi connectivity index (χ0n) is 18.1. The second-order valence-corrected chi connectivity index (χ2v) is 8.40. The Morgan fingerprint density at radius 1 is 1.00 bits per heavy atom. The number of anilines is 1. The van der Waals surface area contributed by atoms with Crippen molar-refractivity contribution >= 4 is 17.5 Å². The second kappa shape index (κ2) is 8.57. The van der Waals surface area contributed by atoms with Crippen molar-refractivity contribution in [2.24, 2.45) is 0 Å². The number of nitrogens with one attached hydrogen (secondary N) is 1. The van der Waals surface area contributed by atoms with Crippen LogP contribution in [0.3, 0.4) is 0 Å². The molecule has 3 rings (SSSR count). The van der Waals surface area contributed by atoms with Crippen LogP contribution in [-0.2, 0) is 10.2 Å². The summed E-state index contributed by atoms with van der Waals surface area (Å²) in [5, 5.41) is 7.43. The molecule has 0 saturated carbocycles. The van der Waals surface area contributed by atoms with Gasteiger partial charge in [-0.1, -0.05) is 32.9 Å². The van der Waals surface area contributed by atoms with Crippen molar-refractivity contribution in [1.29, 1.82) is 0 Å². The third kappa shape index (κ3) is 4.97. The lowest BCUT2D eigenvalue weighted by atomic mass is 9.92. The van der Waals surface area contributed by atoms with Crippen LogP contribution in [0.15, 0.2) is 42.7 Å². The lowest BCUT2D eigenvalue weighted by Crippen LogP contribution is -2.17. The first-order valence-electron chi connectivity index (χ1n) is 9.93. The summed E-state index contributed by atoms with van der Waals surface area (Å²) in [6.45, 7) is 10.1. The Morgan fingerprint density at radius 2 is 1.70 bits per heavy atom. The minimum absolute atomic E-state index is 0.0523. The number of benzene rings is 1. The van der Waals surface area contributed by atoms with E-state index in [1.165, 1.54) is 4.68 Å². The number of nitrogens with zero attached hydrogens (tertiary/aromatic N) is 4. The molecule has 2 heterocycles. The molecular weight excluding hydrogens is 378 g/mol. The van der Waals surface area contributed by atoms with E-state index in [0.29, 0.717) is 17.3 Å². The van der Waals surface area contributed by atoms with Crippen LogP contribution in [0.25, 0.3) is 5.95 Å². The van der Waals surface area contributed by atoms with Crippen LogP contribution in [0.2, 0.25) is 0 Å². The molecule has 3 aromatic rings. The van der Waals surface area contributed by atoms with Gasteiger partial charge in [0.1, 0.15) is 5.82 Å². The molecular formula is C23H27N5O2. The monoisotopic (exact) mass is 405 g/mol. The van der Waals surface area contributed by atoms with Crippen molar-refractivity contribution in [3.63, 3.8) is 0 Å². The van der Waals surface area contributed by atoms with Crippen LogP contribution >= 0.6 is 0 Å². The highest BCUT2D eigenvalue weighted by atomic mass is 16.2. The molecule has 30 heavy (non-hydrogen) atoms. The van der Waals surface area contributed by atoms with E-state index in [1.807, 2.05) is 52.8 Å². The first kappa shape index (κ1) is 21.4. The second-order valence-electron chi connectivity index (χ2n) is 8.40. The zero-order valence-corrected chi connectivity index (χ0v) is 18.1. The van der Waals surface area contributed by atoms with E-state index >= 15 is 0 Å². The number of ketones is 1. The van der Waals surface area contributed by atoms with Crippen molar-refractivity contribution in [2.75, 3.05) is 5.32 Å². The van der Waals surface area contributed by atoms with Gasteiger partial charge >= 0.3 is 0 Å². The summed E-state index contributed by atoms with van der Waals surface area (Å²) in [5.41, 5.74) is 3.42. The zero-order chi connectivity index (χ0) is 21.9. The Morgan fingerprint density at radius 3 is 2.33 bits per heavy atom. The predicted molar refractivity (Wildman–Crippen MR) is 116 cm³/mol. The van der Waals surface area contributed by atoms with Gasteiger partial charge in [0.05, 0.1) is 5.69 Å². The molecule has 0 aliphatic carbocycles. The number of amides is 1. The SMILES string of the molecule is Cc1ccc(C(=O)CCC(=O)Nc2cc(C(C)(C)C)nn2-c2ncccn2)cc1C. The van der Waals surface area contributed by atoms with E-state index in [9.17, 15) is 9.59 Å². The van der Waals surface area contributed by atoms with Gasteiger partial charge in [0, 0.05) is 42.3 Å². The highest BCUT2D eigenvalue weighted by Crippen LogP contribution is 2.25. The number of carbonyl (C=O) groups excluding carboxylic acids is 2. The van der Waals surface area contributed by atoms with Crippen molar-refractivity contribution < 1.29 is 9.59 Å². The van der Waals surface area contributed by atoms with Gasteiger partial charge in [0.25, 0.3) is 5.95 Å². The Kier molecular flexibility index (Phi) is 6.10. The van der Waals surface area contributed by atoms with Gasteiger partial charge in [0.15, 0.2) is 5.78 Å². The Labute approximate surface area is 176 Å². The number of aromatic nitrogens is 4. The lowest BCUT2D eigenvalue weighted by molar-refractivity contribution is -0.116. The standard InChI is InChI=1S/C23H27N5O2/c1-15-7-8-17(13-16(15)2)18(29)9-10-21(30)26-20-14-19(23(3,4)5)27-28(20)22-24-11-6-12-25-22/h6-8,11-14H,9-10H2,1-5H3,(H,26,30). The van der Waals surface area contributed by atoms with Crippen LogP contribution in [0, 0.1) is 13.8 Å². The Balaban J connectivity index is 1.73. The lowest BCUT2D eigenvalue weighted by Gasteiger charge is -2.13. The smallest absolute Gasteiger partial charge is 0.252 e. The maximum Gasteiger partial charge on any atom is 0.252 e. The van der Waals surface area contributed by atoms with E-state index < -0.39 is 0 Å². The quantitative estimate of drug-likeness (QED) is 0.622. The molecule has 0 fully saturated rings. The topological polar surface area (TPSA) is 89.8 Å². The number of carbonyl (C=O) groups is 2. The molecule has 0 atom stereocenters. The van der Waals surface area contributed by atoms with Crippen molar-refractivity contribution in [2.45, 2.75) is 52.9 Å². The van der Waals surface area contributed by atoms with E-state index in [2.05, 4.69) is 20.4 Å². The third-order valence-corrected chi connectivity index (χ3v) is 4.89. The molecule has 7 nitrogen and oxygen atoms in total. The number of rotatable bonds is 6. The van der Waals surface area contributed by atoms with Crippen molar-refractivity contribution in [3.05, 3.63) is 65.1 Å². The maximum absolute atomic E-state index is 12.6. The van der Waals surface area contributed by atoms with Crippen molar-refractivity contribution in [3.8, 4) is 5.95 Å². The molecule has 1 N–H and O–H groups in total. The Hall–Kier alpha value is -3.35. The van der Waals surface area contributed by atoms with Crippen LogP contribution < -0.4 is 5.32 Å². The molecule has 0 saturated heterocycles. The van der Waals surface area contributed by atoms with E-state index in [-0.39, 0.29) is 29.9 Å². The molecule has 0 radical (unpaired) electrons. The van der Waals surface area contributed by atoms with Crippen LogP contribution in [0.1, 0.15) is 60.8 Å². The summed E-state index contributed by atoms with van der Waals surface area (Å²) in [6.07, 6.45) is 3.46. The van der Waals surface area contributed by atoms with E-state index in [4.69, 9.17) is 0 Å². The molecule has 2 aromatic heterocycles. The number of Topliss-reactive ketones (excluding diaryl/α,β-unsaturated/α-hetero) is 1. The van der Waals surface area contributed by atoms with Gasteiger partial charge in [-0.25, -0.2) is 9.97 Å². The fourth-order valence-electron chi connectivity index (χ4n) is 2.88. The predicted octanol–water partition coefficient (Wildman–Crippen LogP) is 4.18. The average Bonchev–Trinajstić information content (AvgIpc) is 3.13. The van der Waals surface area contributed by atoms with Crippen LogP contribution in [0.4, 0.5) is 5.82 Å². The molecule has 1 aromatic carbocycles. The van der Waals surface area contributed by atoms with Crippen molar-refractivity contribution in [1.82, 2.24) is 19.7 Å².